The molecular formula is C45H54N8O4. The second kappa shape index (κ2) is 16.8. The number of likely N-dealkylation sites (tertiary alicyclic amines) is 2. The molecule has 4 heterocycles. The number of nitrogens with one attached hydrogen (secondary N) is 2. The number of imidazole rings is 2. The number of rotatable bonds is 12. The van der Waals surface area contributed by atoms with Gasteiger partial charge in [-0.2, -0.15) is 0 Å². The van der Waals surface area contributed by atoms with Gasteiger partial charge in [0.2, 0.25) is 5.91 Å². The summed E-state index contributed by atoms with van der Waals surface area (Å²) < 4.78 is 5.29. The molecule has 0 radical (unpaired) electrons. The zero-order chi connectivity index (χ0) is 40.3. The van der Waals surface area contributed by atoms with Crippen LogP contribution >= 0.6 is 0 Å². The van der Waals surface area contributed by atoms with Crippen molar-refractivity contribution >= 4 is 17.9 Å². The highest BCUT2D eigenvalue weighted by Crippen LogP contribution is 2.37. The molecule has 4 atom stereocenters. The van der Waals surface area contributed by atoms with E-state index < -0.39 is 17.6 Å². The molecule has 298 valence electrons. The van der Waals surface area contributed by atoms with E-state index in [9.17, 15) is 14.4 Å². The number of aromatic nitrogens is 4. The van der Waals surface area contributed by atoms with Gasteiger partial charge in [-0.15, -0.1) is 0 Å². The Labute approximate surface area is 334 Å². The molecule has 4 N–H and O–H groups in total. The first-order valence-corrected chi connectivity index (χ1v) is 20.1. The van der Waals surface area contributed by atoms with Crippen molar-refractivity contribution in [2.24, 2.45) is 11.1 Å². The molecule has 0 aliphatic carbocycles. The number of aromatic amines is 2. The third-order valence-electron chi connectivity index (χ3n) is 11.4. The standard InChI is InChI=1S/C45H54N8O4/c1-6-51(7-2)38(33-13-9-8-10-14-33)42(54)52-25-11-15-36(52)40-47-27-34(49-40)31-21-17-29(18-22-31)30-19-23-32(24-20-30)35-28-48-41(50-35)37-16-12-26-53(37)43(55)39(45(3,4)5)57-44(46)56/h8-10,13-14,17-24,27-28,36-39H,6-7,11-12,15-16,25-26H2,1-5H3,(H2,46,56)(H,47,49)(H,48,50)/t36-,37-,38+,39+/m0/s1. The van der Waals surface area contributed by atoms with Crippen molar-refractivity contribution in [3.8, 4) is 33.6 Å². The average Bonchev–Trinajstić information content (AvgIpc) is 4.06. The maximum absolute atomic E-state index is 14.2. The third-order valence-corrected chi connectivity index (χ3v) is 11.4. The van der Waals surface area contributed by atoms with Crippen LogP contribution in [0.3, 0.4) is 0 Å². The summed E-state index contributed by atoms with van der Waals surface area (Å²) in [7, 11) is 0. The fraction of sp³-hybridized carbons (Fsp3) is 0.400. The largest absolute Gasteiger partial charge is 0.436 e. The first-order valence-electron chi connectivity index (χ1n) is 20.1. The lowest BCUT2D eigenvalue weighted by Gasteiger charge is -2.34. The van der Waals surface area contributed by atoms with Crippen LogP contribution in [0, 0.1) is 5.41 Å². The normalized spacial score (nSPS) is 18.2. The first kappa shape index (κ1) is 39.5. The van der Waals surface area contributed by atoms with Crippen molar-refractivity contribution in [3.05, 3.63) is 108 Å². The Hall–Kier alpha value is -5.75. The Morgan fingerprint density at radius 3 is 1.63 bits per heavy atom. The van der Waals surface area contributed by atoms with Gasteiger partial charge in [-0.05, 0) is 66.6 Å². The lowest BCUT2D eigenvalue weighted by Crippen LogP contribution is -2.48. The minimum Gasteiger partial charge on any atom is -0.436 e. The van der Waals surface area contributed by atoms with Crippen LogP contribution in [0.2, 0.25) is 0 Å². The molecule has 57 heavy (non-hydrogen) atoms. The van der Waals surface area contributed by atoms with Gasteiger partial charge in [-0.25, -0.2) is 14.8 Å². The van der Waals surface area contributed by atoms with Gasteiger partial charge in [0, 0.05) is 18.5 Å². The molecule has 5 aromatic rings. The van der Waals surface area contributed by atoms with Gasteiger partial charge in [-0.3, -0.25) is 14.5 Å². The van der Waals surface area contributed by atoms with Crippen LogP contribution in [-0.4, -0.2) is 84.8 Å². The zero-order valence-corrected chi connectivity index (χ0v) is 33.6. The van der Waals surface area contributed by atoms with Gasteiger partial charge in [0.05, 0.1) is 35.9 Å². The molecule has 3 aromatic carbocycles. The van der Waals surface area contributed by atoms with Crippen LogP contribution in [0.1, 0.15) is 95.6 Å². The van der Waals surface area contributed by atoms with Crippen LogP contribution in [0.5, 0.6) is 0 Å². The summed E-state index contributed by atoms with van der Waals surface area (Å²) in [6, 6.07) is 26.1. The molecule has 12 nitrogen and oxygen atoms in total. The SMILES string of the molecule is CCN(CC)[C@@H](C(=O)N1CCC[C@H]1c1ncc(-c2ccc(-c3ccc(-c4cnc([C@@H]5CCCN5C(=O)[C@@H](OC(N)=O)C(C)(C)C)[nH]4)cc3)cc2)[nH]1)c1ccccc1. The smallest absolute Gasteiger partial charge is 0.405 e. The van der Waals surface area contributed by atoms with Gasteiger partial charge in [0.15, 0.2) is 6.10 Å². The zero-order valence-electron chi connectivity index (χ0n) is 33.6. The van der Waals surface area contributed by atoms with E-state index in [4.69, 9.17) is 15.5 Å². The minimum atomic E-state index is -0.986. The Morgan fingerprint density at radius 1 is 0.737 bits per heavy atom. The average molecular weight is 771 g/mol. The van der Waals surface area contributed by atoms with Gasteiger partial charge < -0.3 is 30.2 Å². The number of hydrogen-bond acceptors (Lipinski definition) is 7. The molecule has 7 rings (SSSR count). The Bertz CT molecular complexity index is 2150. The molecule has 3 amide bonds. The van der Waals surface area contributed by atoms with Crippen LogP contribution in [0.15, 0.2) is 91.3 Å². The lowest BCUT2D eigenvalue weighted by atomic mass is 9.88. The second-order valence-electron chi connectivity index (χ2n) is 16.1. The second-order valence-corrected chi connectivity index (χ2v) is 16.1. The minimum absolute atomic E-state index is 0.0972. The molecule has 2 aliphatic rings. The van der Waals surface area contributed by atoms with Crippen LogP contribution in [-0.2, 0) is 14.3 Å². The van der Waals surface area contributed by atoms with E-state index in [0.29, 0.717) is 18.9 Å². The number of ether oxygens (including phenoxy) is 1. The molecule has 2 aromatic heterocycles. The molecule has 12 heteroatoms. The van der Waals surface area contributed by atoms with Gasteiger partial charge in [0.1, 0.15) is 17.7 Å². The summed E-state index contributed by atoms with van der Waals surface area (Å²) in [5, 5.41) is 0. The van der Waals surface area contributed by atoms with Crippen LogP contribution in [0.4, 0.5) is 4.79 Å². The summed E-state index contributed by atoms with van der Waals surface area (Å²) in [6.07, 6.45) is 5.11. The highest BCUT2D eigenvalue weighted by molar-refractivity contribution is 5.85. The van der Waals surface area contributed by atoms with Gasteiger partial charge in [0.25, 0.3) is 5.91 Å². The molecule has 0 unspecified atom stereocenters. The number of primary amides is 1. The van der Waals surface area contributed by atoms with Crippen molar-refractivity contribution in [1.29, 1.82) is 0 Å². The topological polar surface area (TPSA) is 154 Å². The molecule has 2 saturated heterocycles. The maximum atomic E-state index is 14.2. The third kappa shape index (κ3) is 8.37. The molecule has 2 aliphatic heterocycles. The molecule has 0 saturated carbocycles. The van der Waals surface area contributed by atoms with Gasteiger partial charge in [-0.1, -0.05) is 113 Å². The number of likely N-dealkylation sites (N-methyl/N-ethyl adjacent to an activating group) is 1. The van der Waals surface area contributed by atoms with E-state index in [1.54, 1.807) is 11.1 Å². The number of nitrogens with zero attached hydrogens (tertiary/aromatic N) is 5. The summed E-state index contributed by atoms with van der Waals surface area (Å²) in [5.74, 6) is 1.39. The number of H-pyrrole nitrogens is 2. The predicted octanol–water partition coefficient (Wildman–Crippen LogP) is 8.05. The maximum Gasteiger partial charge on any atom is 0.405 e. The van der Waals surface area contributed by atoms with E-state index in [0.717, 1.165) is 83.8 Å². The number of carbonyl (C=O) groups excluding carboxylic acids is 3. The number of hydrogen-bond donors (Lipinski definition) is 3. The summed E-state index contributed by atoms with van der Waals surface area (Å²) >= 11 is 0. The highest BCUT2D eigenvalue weighted by atomic mass is 16.6. The molecule has 2 fully saturated rings. The predicted molar refractivity (Wildman–Crippen MR) is 220 cm³/mol. The molecule has 0 bridgehead atoms. The first-order chi connectivity index (χ1) is 27.5. The Morgan fingerprint density at radius 2 is 1.19 bits per heavy atom. The van der Waals surface area contributed by atoms with E-state index >= 15 is 0 Å². The highest BCUT2D eigenvalue weighted by Gasteiger charge is 2.42. The van der Waals surface area contributed by atoms with E-state index in [1.807, 2.05) is 50.1 Å². The van der Waals surface area contributed by atoms with E-state index in [1.165, 1.54) is 0 Å². The molecular weight excluding hydrogens is 717 g/mol. The number of carbonyl (C=O) groups is 3. The quantitative estimate of drug-likeness (QED) is 0.116. The van der Waals surface area contributed by atoms with E-state index in [-0.39, 0.29) is 29.9 Å². The van der Waals surface area contributed by atoms with Crippen molar-refractivity contribution in [2.45, 2.75) is 84.5 Å². The van der Waals surface area contributed by atoms with Crippen molar-refractivity contribution < 1.29 is 19.1 Å². The van der Waals surface area contributed by atoms with Crippen LogP contribution < -0.4 is 5.73 Å². The number of nitrogens with two attached hydrogens (primary N) is 1. The Kier molecular flexibility index (Phi) is 11.6. The summed E-state index contributed by atoms with van der Waals surface area (Å²) in [5.41, 5.74) is 11.7. The van der Waals surface area contributed by atoms with Crippen LogP contribution in [0.25, 0.3) is 33.6 Å². The van der Waals surface area contributed by atoms with Crippen molar-refractivity contribution in [1.82, 2.24) is 34.6 Å². The summed E-state index contributed by atoms with van der Waals surface area (Å²) in [4.78, 5) is 61.9. The monoisotopic (exact) mass is 770 g/mol. The molecule has 0 spiro atoms. The fourth-order valence-corrected chi connectivity index (χ4v) is 8.37. The van der Waals surface area contributed by atoms with Crippen molar-refractivity contribution in [2.75, 3.05) is 26.2 Å². The van der Waals surface area contributed by atoms with Gasteiger partial charge >= 0.3 is 6.09 Å². The Balaban J connectivity index is 1.02. The van der Waals surface area contributed by atoms with Crippen molar-refractivity contribution in [3.63, 3.8) is 0 Å². The van der Waals surface area contributed by atoms with E-state index in [2.05, 4.69) is 94.4 Å². The summed E-state index contributed by atoms with van der Waals surface area (Å²) in [6.45, 7) is 12.6. The number of benzene rings is 3. The lowest BCUT2D eigenvalue weighted by molar-refractivity contribution is -0.147. The number of amides is 3. The fourth-order valence-electron chi connectivity index (χ4n) is 8.37.